The highest BCUT2D eigenvalue weighted by molar-refractivity contribution is 5.79. The maximum atomic E-state index is 5.46. The minimum atomic E-state index is 0.119. The molecule has 0 bridgehead atoms. The highest BCUT2D eigenvalue weighted by atomic mass is 16.5. The molecule has 6 heteroatoms. The van der Waals surface area contributed by atoms with Crippen LogP contribution in [0.15, 0.2) is 23.2 Å². The van der Waals surface area contributed by atoms with Gasteiger partial charge in [0.15, 0.2) is 5.96 Å². The summed E-state index contributed by atoms with van der Waals surface area (Å²) >= 11 is 0. The van der Waals surface area contributed by atoms with Crippen molar-refractivity contribution in [1.82, 2.24) is 15.5 Å². The molecule has 2 N–H and O–H groups in total. The van der Waals surface area contributed by atoms with Gasteiger partial charge in [-0.05, 0) is 32.9 Å². The molecule has 1 rings (SSSR count). The predicted molar refractivity (Wildman–Crippen MR) is 100 cm³/mol. The van der Waals surface area contributed by atoms with Crippen molar-refractivity contribution in [3.8, 4) is 11.5 Å². The van der Waals surface area contributed by atoms with Crippen molar-refractivity contribution in [3.05, 3.63) is 23.8 Å². The fourth-order valence-corrected chi connectivity index (χ4v) is 2.31. The standard InChI is InChI=1S/C18H32N4O2/c1-18(2,3)21-11-10-20-17(19-4)22(5)13-14-8-9-15(23-6)12-16(14)24-7/h8-9,12,21H,10-11,13H2,1-7H3,(H,19,20). The van der Waals surface area contributed by atoms with Gasteiger partial charge >= 0.3 is 0 Å². The van der Waals surface area contributed by atoms with Crippen molar-refractivity contribution in [3.63, 3.8) is 0 Å². The second kappa shape index (κ2) is 9.37. The molecule has 0 fully saturated rings. The summed E-state index contributed by atoms with van der Waals surface area (Å²) in [6.45, 7) is 8.85. The number of nitrogens with zero attached hydrogens (tertiary/aromatic N) is 2. The molecule has 0 spiro atoms. The Labute approximate surface area is 146 Å². The molecule has 0 radical (unpaired) electrons. The molecule has 0 aromatic heterocycles. The number of guanidine groups is 1. The van der Waals surface area contributed by atoms with E-state index in [2.05, 4.69) is 41.3 Å². The maximum absolute atomic E-state index is 5.46. The van der Waals surface area contributed by atoms with Crippen molar-refractivity contribution in [2.45, 2.75) is 32.9 Å². The van der Waals surface area contributed by atoms with Gasteiger partial charge in [-0.2, -0.15) is 0 Å². The van der Waals surface area contributed by atoms with Crippen LogP contribution in [-0.4, -0.2) is 57.8 Å². The van der Waals surface area contributed by atoms with Crippen LogP contribution in [0.5, 0.6) is 11.5 Å². The Bertz CT molecular complexity index is 538. The van der Waals surface area contributed by atoms with Gasteiger partial charge in [0.1, 0.15) is 11.5 Å². The lowest BCUT2D eigenvalue weighted by Gasteiger charge is -2.25. The molecule has 1 aromatic rings. The van der Waals surface area contributed by atoms with Gasteiger partial charge in [-0.3, -0.25) is 4.99 Å². The van der Waals surface area contributed by atoms with Gasteiger partial charge in [-0.15, -0.1) is 0 Å². The normalized spacial score (nSPS) is 12.0. The summed E-state index contributed by atoms with van der Waals surface area (Å²) in [7, 11) is 7.12. The molecule has 0 saturated carbocycles. The molecule has 0 amide bonds. The van der Waals surface area contributed by atoms with Crippen LogP contribution in [0.4, 0.5) is 0 Å². The quantitative estimate of drug-likeness (QED) is 0.454. The Kier molecular flexibility index (Phi) is 7.85. The monoisotopic (exact) mass is 336 g/mol. The molecular weight excluding hydrogens is 304 g/mol. The number of hydrogen-bond acceptors (Lipinski definition) is 4. The zero-order chi connectivity index (χ0) is 18.2. The molecule has 0 atom stereocenters. The lowest BCUT2D eigenvalue weighted by molar-refractivity contribution is 0.382. The summed E-state index contributed by atoms with van der Waals surface area (Å²) in [5, 5.41) is 6.82. The van der Waals surface area contributed by atoms with E-state index in [0.717, 1.165) is 36.1 Å². The predicted octanol–water partition coefficient (Wildman–Crippen LogP) is 2.10. The Morgan fingerprint density at radius 2 is 1.88 bits per heavy atom. The Morgan fingerprint density at radius 1 is 1.17 bits per heavy atom. The molecule has 0 saturated heterocycles. The van der Waals surface area contributed by atoms with E-state index in [0.29, 0.717) is 6.54 Å². The number of rotatable bonds is 7. The molecular formula is C18H32N4O2. The Hall–Kier alpha value is -1.95. The summed E-state index contributed by atoms with van der Waals surface area (Å²) in [4.78, 5) is 6.42. The first-order chi connectivity index (χ1) is 11.3. The van der Waals surface area contributed by atoms with Crippen LogP contribution in [0.3, 0.4) is 0 Å². The van der Waals surface area contributed by atoms with Crippen LogP contribution >= 0.6 is 0 Å². The van der Waals surface area contributed by atoms with Crippen LogP contribution < -0.4 is 20.1 Å². The smallest absolute Gasteiger partial charge is 0.193 e. The minimum absolute atomic E-state index is 0.119. The first kappa shape index (κ1) is 20.1. The Morgan fingerprint density at radius 3 is 2.42 bits per heavy atom. The van der Waals surface area contributed by atoms with Crippen LogP contribution in [0.2, 0.25) is 0 Å². The van der Waals surface area contributed by atoms with Gasteiger partial charge in [0.25, 0.3) is 0 Å². The SMILES string of the molecule is CN=C(NCCNC(C)(C)C)N(C)Cc1ccc(OC)cc1OC. The number of hydrogen-bond donors (Lipinski definition) is 2. The number of aliphatic imine (C=N–C) groups is 1. The summed E-state index contributed by atoms with van der Waals surface area (Å²) in [5.41, 5.74) is 1.20. The first-order valence-corrected chi connectivity index (χ1v) is 8.18. The van der Waals surface area contributed by atoms with Gasteiger partial charge < -0.3 is 25.0 Å². The van der Waals surface area contributed by atoms with Crippen LogP contribution in [0, 0.1) is 0 Å². The average molecular weight is 336 g/mol. The van der Waals surface area contributed by atoms with Crippen molar-refractivity contribution in [2.24, 2.45) is 4.99 Å². The highest BCUT2D eigenvalue weighted by Crippen LogP contribution is 2.25. The van der Waals surface area contributed by atoms with Gasteiger partial charge in [-0.1, -0.05) is 0 Å². The fourth-order valence-electron chi connectivity index (χ4n) is 2.31. The minimum Gasteiger partial charge on any atom is -0.497 e. The van der Waals surface area contributed by atoms with Crippen molar-refractivity contribution < 1.29 is 9.47 Å². The van der Waals surface area contributed by atoms with Crippen LogP contribution in [0.1, 0.15) is 26.3 Å². The number of benzene rings is 1. The largest absolute Gasteiger partial charge is 0.497 e. The lowest BCUT2D eigenvalue weighted by Crippen LogP contribution is -2.44. The second-order valence-corrected chi connectivity index (χ2v) is 6.68. The molecule has 24 heavy (non-hydrogen) atoms. The van der Waals surface area contributed by atoms with E-state index in [1.165, 1.54) is 0 Å². The fraction of sp³-hybridized carbons (Fsp3) is 0.611. The molecule has 1 aromatic carbocycles. The topological polar surface area (TPSA) is 58.1 Å². The first-order valence-electron chi connectivity index (χ1n) is 8.18. The lowest BCUT2D eigenvalue weighted by atomic mass is 10.1. The average Bonchev–Trinajstić information content (AvgIpc) is 2.54. The molecule has 0 aliphatic rings. The van der Waals surface area contributed by atoms with E-state index in [9.17, 15) is 0 Å². The van der Waals surface area contributed by atoms with E-state index in [4.69, 9.17) is 9.47 Å². The number of methoxy groups -OCH3 is 2. The van der Waals surface area contributed by atoms with Crippen molar-refractivity contribution in [2.75, 3.05) is 41.4 Å². The zero-order valence-corrected chi connectivity index (χ0v) is 16.1. The molecule has 0 aliphatic carbocycles. The van der Waals surface area contributed by atoms with E-state index in [1.54, 1.807) is 21.3 Å². The van der Waals surface area contributed by atoms with E-state index < -0.39 is 0 Å². The van der Waals surface area contributed by atoms with Gasteiger partial charge in [-0.25, -0.2) is 0 Å². The second-order valence-electron chi connectivity index (χ2n) is 6.68. The Balaban J connectivity index is 2.63. The summed E-state index contributed by atoms with van der Waals surface area (Å²) in [6.07, 6.45) is 0. The maximum Gasteiger partial charge on any atom is 0.193 e. The van der Waals surface area contributed by atoms with Crippen molar-refractivity contribution >= 4 is 5.96 Å². The number of ether oxygens (including phenoxy) is 2. The molecule has 0 heterocycles. The summed E-state index contributed by atoms with van der Waals surface area (Å²) < 4.78 is 10.7. The summed E-state index contributed by atoms with van der Waals surface area (Å²) in [6, 6.07) is 5.85. The third-order valence-corrected chi connectivity index (χ3v) is 3.54. The number of nitrogens with one attached hydrogen (secondary N) is 2. The third-order valence-electron chi connectivity index (χ3n) is 3.54. The van der Waals surface area contributed by atoms with Gasteiger partial charge in [0.05, 0.1) is 14.2 Å². The van der Waals surface area contributed by atoms with Crippen LogP contribution in [0.25, 0.3) is 0 Å². The van der Waals surface area contributed by atoms with Crippen LogP contribution in [-0.2, 0) is 6.54 Å². The molecule has 0 aliphatic heterocycles. The molecule has 0 unspecified atom stereocenters. The highest BCUT2D eigenvalue weighted by Gasteiger charge is 2.12. The van der Waals surface area contributed by atoms with E-state index in [-0.39, 0.29) is 5.54 Å². The third kappa shape index (κ3) is 6.66. The van der Waals surface area contributed by atoms with Gasteiger partial charge in [0, 0.05) is 50.9 Å². The van der Waals surface area contributed by atoms with E-state index >= 15 is 0 Å². The zero-order valence-electron chi connectivity index (χ0n) is 16.1. The van der Waals surface area contributed by atoms with E-state index in [1.807, 2.05) is 25.2 Å². The molecule has 136 valence electrons. The molecule has 6 nitrogen and oxygen atoms in total. The summed E-state index contributed by atoms with van der Waals surface area (Å²) in [5.74, 6) is 2.45. The van der Waals surface area contributed by atoms with Crippen molar-refractivity contribution in [1.29, 1.82) is 0 Å². The van der Waals surface area contributed by atoms with Gasteiger partial charge in [0.2, 0.25) is 0 Å².